The van der Waals surface area contributed by atoms with Crippen molar-refractivity contribution in [2.24, 2.45) is 0 Å². The van der Waals surface area contributed by atoms with E-state index in [1.54, 1.807) is 0 Å². The van der Waals surface area contributed by atoms with Crippen LogP contribution in [0.5, 0.6) is 0 Å². The first-order chi connectivity index (χ1) is 7.77. The highest BCUT2D eigenvalue weighted by atomic mass is 15.1. The van der Waals surface area contributed by atoms with Crippen LogP contribution < -0.4 is 0 Å². The standard InChI is InChI=1S/C13H21N.C2H6/c1-4-10-14(5-2)11-13-9-7-6-8-12(13)3;1-2/h6-9H,4-5,10-11H2,1-3H3;1-2H3. The van der Waals surface area contributed by atoms with Crippen molar-refractivity contribution >= 4 is 0 Å². The molecule has 1 aromatic rings. The minimum Gasteiger partial charge on any atom is -0.299 e. The Bertz CT molecular complexity index is 268. The molecule has 0 fully saturated rings. The molecule has 1 rings (SSSR count). The summed E-state index contributed by atoms with van der Waals surface area (Å²) in [6.07, 6.45) is 1.24. The zero-order valence-corrected chi connectivity index (χ0v) is 11.6. The highest BCUT2D eigenvalue weighted by molar-refractivity contribution is 5.25. The quantitative estimate of drug-likeness (QED) is 0.718. The van der Waals surface area contributed by atoms with E-state index in [2.05, 4.69) is 49.9 Å². The second-order valence-electron chi connectivity index (χ2n) is 3.80. The SMILES string of the molecule is CC.CCCN(CC)Cc1ccccc1C. The van der Waals surface area contributed by atoms with Gasteiger partial charge in [0.25, 0.3) is 0 Å². The van der Waals surface area contributed by atoms with Gasteiger partial charge in [0.2, 0.25) is 0 Å². The minimum absolute atomic E-state index is 1.09. The zero-order valence-electron chi connectivity index (χ0n) is 11.6. The molecular formula is C15H27N. The smallest absolute Gasteiger partial charge is 0.0236 e. The molecule has 1 heteroatoms. The maximum Gasteiger partial charge on any atom is 0.0236 e. The Balaban J connectivity index is 0.00000106. The molecule has 0 heterocycles. The highest BCUT2D eigenvalue weighted by Gasteiger charge is 2.03. The lowest BCUT2D eigenvalue weighted by Gasteiger charge is -2.20. The van der Waals surface area contributed by atoms with Gasteiger partial charge in [0.05, 0.1) is 0 Å². The van der Waals surface area contributed by atoms with Gasteiger partial charge in [0.1, 0.15) is 0 Å². The molecule has 1 nitrogen and oxygen atoms in total. The molecule has 0 amide bonds. The summed E-state index contributed by atoms with van der Waals surface area (Å²) in [5, 5.41) is 0. The summed E-state index contributed by atoms with van der Waals surface area (Å²) in [5.74, 6) is 0. The molecule has 0 bridgehead atoms. The third-order valence-corrected chi connectivity index (χ3v) is 2.64. The molecule has 0 N–H and O–H groups in total. The van der Waals surface area contributed by atoms with Crippen LogP contribution in [0.3, 0.4) is 0 Å². The van der Waals surface area contributed by atoms with Gasteiger partial charge in [-0.1, -0.05) is 52.0 Å². The lowest BCUT2D eigenvalue weighted by molar-refractivity contribution is 0.280. The number of aryl methyl sites for hydroxylation is 1. The molecule has 16 heavy (non-hydrogen) atoms. The van der Waals surface area contributed by atoms with Crippen molar-refractivity contribution in [3.63, 3.8) is 0 Å². The lowest BCUT2D eigenvalue weighted by atomic mass is 10.1. The molecule has 0 saturated heterocycles. The molecular weight excluding hydrogens is 194 g/mol. The lowest BCUT2D eigenvalue weighted by Crippen LogP contribution is -2.23. The maximum absolute atomic E-state index is 2.49. The van der Waals surface area contributed by atoms with E-state index in [0.717, 1.165) is 13.1 Å². The zero-order chi connectivity index (χ0) is 12.4. The summed E-state index contributed by atoms with van der Waals surface area (Å²) < 4.78 is 0. The number of nitrogens with zero attached hydrogens (tertiary/aromatic N) is 1. The first-order valence-corrected chi connectivity index (χ1v) is 6.54. The molecule has 1 aromatic carbocycles. The van der Waals surface area contributed by atoms with Crippen LogP contribution in [0.25, 0.3) is 0 Å². The summed E-state index contributed by atoms with van der Waals surface area (Å²) in [6, 6.07) is 8.65. The van der Waals surface area contributed by atoms with Crippen molar-refractivity contribution in [3.8, 4) is 0 Å². The van der Waals surface area contributed by atoms with Crippen LogP contribution in [0, 0.1) is 6.92 Å². The molecule has 0 radical (unpaired) electrons. The monoisotopic (exact) mass is 221 g/mol. The Labute approximate surface area is 101 Å². The number of hydrogen-bond donors (Lipinski definition) is 0. The summed E-state index contributed by atoms with van der Waals surface area (Å²) in [4.78, 5) is 2.49. The fourth-order valence-electron chi connectivity index (χ4n) is 1.69. The Morgan fingerprint density at radius 1 is 1.06 bits per heavy atom. The van der Waals surface area contributed by atoms with Gasteiger partial charge in [0.15, 0.2) is 0 Å². The number of hydrogen-bond acceptors (Lipinski definition) is 1. The van der Waals surface area contributed by atoms with Gasteiger partial charge in [-0.3, -0.25) is 4.90 Å². The first-order valence-electron chi connectivity index (χ1n) is 6.54. The summed E-state index contributed by atoms with van der Waals surface area (Å²) >= 11 is 0. The molecule has 92 valence electrons. The fourth-order valence-corrected chi connectivity index (χ4v) is 1.69. The fraction of sp³-hybridized carbons (Fsp3) is 0.600. The Morgan fingerprint density at radius 3 is 2.19 bits per heavy atom. The van der Waals surface area contributed by atoms with Crippen molar-refractivity contribution in [1.82, 2.24) is 4.90 Å². The second kappa shape index (κ2) is 9.41. The van der Waals surface area contributed by atoms with Crippen LogP contribution in [0.1, 0.15) is 45.2 Å². The van der Waals surface area contributed by atoms with Crippen LogP contribution in [-0.2, 0) is 6.54 Å². The molecule has 0 saturated carbocycles. The van der Waals surface area contributed by atoms with Crippen molar-refractivity contribution in [2.45, 2.75) is 47.6 Å². The van der Waals surface area contributed by atoms with Crippen LogP contribution in [0.2, 0.25) is 0 Å². The molecule has 0 unspecified atom stereocenters. The van der Waals surface area contributed by atoms with E-state index in [0.29, 0.717) is 0 Å². The average Bonchev–Trinajstić information content (AvgIpc) is 2.34. The summed E-state index contributed by atoms with van der Waals surface area (Å²) in [6.45, 7) is 14.1. The van der Waals surface area contributed by atoms with E-state index in [1.165, 1.54) is 24.1 Å². The van der Waals surface area contributed by atoms with E-state index < -0.39 is 0 Å². The largest absolute Gasteiger partial charge is 0.299 e. The Morgan fingerprint density at radius 2 is 1.69 bits per heavy atom. The van der Waals surface area contributed by atoms with Gasteiger partial charge >= 0.3 is 0 Å². The first kappa shape index (κ1) is 15.2. The van der Waals surface area contributed by atoms with Crippen molar-refractivity contribution < 1.29 is 0 Å². The van der Waals surface area contributed by atoms with Gasteiger partial charge in [-0.25, -0.2) is 0 Å². The molecule has 0 atom stereocenters. The van der Waals surface area contributed by atoms with E-state index in [1.807, 2.05) is 13.8 Å². The van der Waals surface area contributed by atoms with Crippen LogP contribution in [0.4, 0.5) is 0 Å². The van der Waals surface area contributed by atoms with E-state index >= 15 is 0 Å². The van der Waals surface area contributed by atoms with Gasteiger partial charge in [-0.15, -0.1) is 0 Å². The maximum atomic E-state index is 2.49. The molecule has 0 aliphatic carbocycles. The summed E-state index contributed by atoms with van der Waals surface area (Å²) in [7, 11) is 0. The van der Waals surface area contributed by atoms with Crippen LogP contribution in [-0.4, -0.2) is 18.0 Å². The van der Waals surface area contributed by atoms with Gasteiger partial charge in [-0.2, -0.15) is 0 Å². The Hall–Kier alpha value is -0.820. The average molecular weight is 221 g/mol. The molecule has 0 spiro atoms. The highest BCUT2D eigenvalue weighted by Crippen LogP contribution is 2.10. The number of rotatable bonds is 5. The van der Waals surface area contributed by atoms with Gasteiger partial charge in [-0.05, 0) is 37.6 Å². The predicted molar refractivity (Wildman–Crippen MR) is 73.8 cm³/mol. The van der Waals surface area contributed by atoms with E-state index in [-0.39, 0.29) is 0 Å². The predicted octanol–water partition coefficient (Wildman–Crippen LogP) is 4.25. The Kier molecular flexibility index (Phi) is 8.93. The normalized spacial score (nSPS) is 9.88. The number of benzene rings is 1. The van der Waals surface area contributed by atoms with Crippen molar-refractivity contribution in [1.29, 1.82) is 0 Å². The van der Waals surface area contributed by atoms with Crippen molar-refractivity contribution in [3.05, 3.63) is 35.4 Å². The van der Waals surface area contributed by atoms with Crippen LogP contribution in [0.15, 0.2) is 24.3 Å². The summed E-state index contributed by atoms with van der Waals surface area (Å²) in [5.41, 5.74) is 2.87. The van der Waals surface area contributed by atoms with E-state index in [4.69, 9.17) is 0 Å². The van der Waals surface area contributed by atoms with Gasteiger partial charge < -0.3 is 0 Å². The topological polar surface area (TPSA) is 3.24 Å². The van der Waals surface area contributed by atoms with Gasteiger partial charge in [0, 0.05) is 6.54 Å². The molecule has 0 aromatic heterocycles. The minimum atomic E-state index is 1.09. The van der Waals surface area contributed by atoms with Crippen LogP contribution >= 0.6 is 0 Å². The molecule has 0 aliphatic rings. The molecule has 0 aliphatic heterocycles. The third kappa shape index (κ3) is 5.32. The second-order valence-corrected chi connectivity index (χ2v) is 3.80. The van der Waals surface area contributed by atoms with Crippen molar-refractivity contribution in [2.75, 3.05) is 13.1 Å². The van der Waals surface area contributed by atoms with E-state index in [9.17, 15) is 0 Å². The third-order valence-electron chi connectivity index (χ3n) is 2.64.